The van der Waals surface area contributed by atoms with Crippen LogP contribution in [0.2, 0.25) is 0 Å². The molecule has 1 aliphatic rings. The number of carbonyl (C=O) groups excluding carboxylic acids is 1. The first-order chi connectivity index (χ1) is 12.8. The monoisotopic (exact) mass is 338 g/mol. The summed E-state index contributed by atoms with van der Waals surface area (Å²) in [6.07, 6.45) is 4.47. The minimum Gasteiger partial charge on any atom is -0.294 e. The number of benzene rings is 2. The molecule has 0 saturated heterocycles. The lowest BCUT2D eigenvalue weighted by Crippen LogP contribution is -2.09. The average molecular weight is 338 g/mol. The summed E-state index contributed by atoms with van der Waals surface area (Å²) in [5.74, 6) is 0.123. The normalized spacial score (nSPS) is 13.6. The summed E-state index contributed by atoms with van der Waals surface area (Å²) >= 11 is 0. The highest BCUT2D eigenvalue weighted by Gasteiger charge is 2.25. The highest BCUT2D eigenvalue weighted by molar-refractivity contribution is 6.17. The van der Waals surface area contributed by atoms with E-state index in [0.29, 0.717) is 12.8 Å². The first kappa shape index (κ1) is 16.2. The molecule has 3 aromatic rings. The van der Waals surface area contributed by atoms with Gasteiger partial charge in [-0.2, -0.15) is 0 Å². The third kappa shape index (κ3) is 3.38. The molecule has 0 saturated carbocycles. The van der Waals surface area contributed by atoms with E-state index in [-0.39, 0.29) is 5.78 Å². The molecule has 0 N–H and O–H groups in total. The second-order valence-electron chi connectivity index (χ2n) is 6.26. The standard InChI is InChI=1S/C23H18N2O/c26-22(14-17-8-3-1-4-9-17)20-15-21(19-12-7-13-24-16-19)25-23(20)18-10-5-2-6-11-18/h1-13,16H,14-15H2. The predicted molar refractivity (Wildman–Crippen MR) is 104 cm³/mol. The molecule has 2 heterocycles. The Morgan fingerprint density at radius 2 is 1.54 bits per heavy atom. The molecule has 0 radical (unpaired) electrons. The quantitative estimate of drug-likeness (QED) is 0.687. The van der Waals surface area contributed by atoms with Gasteiger partial charge < -0.3 is 0 Å². The Morgan fingerprint density at radius 1 is 0.846 bits per heavy atom. The highest BCUT2D eigenvalue weighted by atomic mass is 16.1. The number of nitrogens with zero attached hydrogens (tertiary/aromatic N) is 2. The van der Waals surface area contributed by atoms with Gasteiger partial charge in [0.15, 0.2) is 5.78 Å². The molecule has 2 aromatic carbocycles. The van der Waals surface area contributed by atoms with Gasteiger partial charge in [-0.05, 0) is 11.6 Å². The molecule has 126 valence electrons. The largest absolute Gasteiger partial charge is 0.294 e. The van der Waals surface area contributed by atoms with Gasteiger partial charge in [0.1, 0.15) is 0 Å². The fourth-order valence-corrected chi connectivity index (χ4v) is 3.15. The maximum atomic E-state index is 13.0. The topological polar surface area (TPSA) is 42.3 Å². The van der Waals surface area contributed by atoms with Crippen molar-refractivity contribution in [1.82, 2.24) is 4.98 Å². The number of ketones is 1. The molecule has 1 aromatic heterocycles. The number of aliphatic imine (C=N–C) groups is 1. The number of Topliss-reactive ketones (excluding diaryl/α,β-unsaturated/α-hetero) is 1. The smallest absolute Gasteiger partial charge is 0.165 e. The maximum absolute atomic E-state index is 13.0. The van der Waals surface area contributed by atoms with Crippen LogP contribution < -0.4 is 0 Å². The molecule has 4 rings (SSSR count). The molecule has 1 aliphatic heterocycles. The van der Waals surface area contributed by atoms with Crippen LogP contribution in [-0.4, -0.2) is 16.5 Å². The van der Waals surface area contributed by atoms with Gasteiger partial charge in [0, 0.05) is 41.9 Å². The van der Waals surface area contributed by atoms with E-state index in [4.69, 9.17) is 4.99 Å². The van der Waals surface area contributed by atoms with Crippen LogP contribution in [0.4, 0.5) is 0 Å². The lowest BCUT2D eigenvalue weighted by molar-refractivity contribution is -0.114. The van der Waals surface area contributed by atoms with Crippen LogP contribution in [0, 0.1) is 0 Å². The number of aromatic nitrogens is 1. The summed E-state index contributed by atoms with van der Waals surface area (Å²) in [4.78, 5) is 22.0. The Labute approximate surface area is 152 Å². The summed E-state index contributed by atoms with van der Waals surface area (Å²) in [5, 5.41) is 0. The van der Waals surface area contributed by atoms with Crippen molar-refractivity contribution < 1.29 is 4.79 Å². The number of hydrogen-bond donors (Lipinski definition) is 0. The maximum Gasteiger partial charge on any atom is 0.165 e. The van der Waals surface area contributed by atoms with Crippen LogP contribution in [0.1, 0.15) is 23.1 Å². The van der Waals surface area contributed by atoms with Gasteiger partial charge in [-0.3, -0.25) is 14.8 Å². The van der Waals surface area contributed by atoms with Crippen molar-refractivity contribution in [3.63, 3.8) is 0 Å². The lowest BCUT2D eigenvalue weighted by Gasteiger charge is -2.06. The number of allylic oxidation sites excluding steroid dienone is 1. The molecule has 0 aliphatic carbocycles. The lowest BCUT2D eigenvalue weighted by atomic mass is 9.96. The van der Waals surface area contributed by atoms with Gasteiger partial charge in [-0.25, -0.2) is 0 Å². The molecule has 0 fully saturated rings. The molecular weight excluding hydrogens is 320 g/mol. The Morgan fingerprint density at radius 3 is 2.23 bits per heavy atom. The van der Waals surface area contributed by atoms with E-state index in [0.717, 1.165) is 33.7 Å². The van der Waals surface area contributed by atoms with Crippen molar-refractivity contribution >= 4 is 17.2 Å². The number of hydrogen-bond acceptors (Lipinski definition) is 3. The first-order valence-corrected chi connectivity index (χ1v) is 8.65. The molecule has 0 amide bonds. The zero-order valence-electron chi connectivity index (χ0n) is 14.3. The van der Waals surface area contributed by atoms with E-state index >= 15 is 0 Å². The summed E-state index contributed by atoms with van der Waals surface area (Å²) in [7, 11) is 0. The van der Waals surface area contributed by atoms with Gasteiger partial charge in [0.05, 0.1) is 11.4 Å². The third-order valence-corrected chi connectivity index (χ3v) is 4.46. The van der Waals surface area contributed by atoms with Crippen molar-refractivity contribution in [3.05, 3.63) is 107 Å². The third-order valence-electron chi connectivity index (χ3n) is 4.46. The van der Waals surface area contributed by atoms with Crippen LogP contribution in [0.25, 0.3) is 5.70 Å². The van der Waals surface area contributed by atoms with Crippen LogP contribution in [0.5, 0.6) is 0 Å². The molecular formula is C23H18N2O. The summed E-state index contributed by atoms with van der Waals surface area (Å²) in [6, 6.07) is 23.6. The second-order valence-corrected chi connectivity index (χ2v) is 6.26. The number of rotatable bonds is 5. The van der Waals surface area contributed by atoms with Gasteiger partial charge in [-0.15, -0.1) is 0 Å². The zero-order chi connectivity index (χ0) is 17.8. The fraction of sp³-hybridized carbons (Fsp3) is 0.0870. The first-order valence-electron chi connectivity index (χ1n) is 8.65. The molecule has 26 heavy (non-hydrogen) atoms. The summed E-state index contributed by atoms with van der Waals surface area (Å²) < 4.78 is 0. The average Bonchev–Trinajstić information content (AvgIpc) is 3.16. The molecule has 3 heteroatoms. The van der Waals surface area contributed by atoms with Crippen molar-refractivity contribution in [2.75, 3.05) is 0 Å². The van der Waals surface area contributed by atoms with Crippen LogP contribution in [-0.2, 0) is 11.2 Å². The molecule has 0 unspecified atom stereocenters. The van der Waals surface area contributed by atoms with Crippen molar-refractivity contribution in [1.29, 1.82) is 0 Å². The minimum atomic E-state index is 0.123. The summed E-state index contributed by atoms with van der Waals surface area (Å²) in [5.41, 5.74) is 5.41. The van der Waals surface area contributed by atoms with Crippen molar-refractivity contribution in [2.24, 2.45) is 4.99 Å². The SMILES string of the molecule is O=C(Cc1ccccc1)C1=C(c2ccccc2)N=C(c2cccnc2)C1. The van der Waals surface area contributed by atoms with Gasteiger partial charge in [0.2, 0.25) is 0 Å². The summed E-state index contributed by atoms with van der Waals surface area (Å²) in [6.45, 7) is 0. The Balaban J connectivity index is 1.69. The zero-order valence-corrected chi connectivity index (χ0v) is 14.3. The van der Waals surface area contributed by atoms with Crippen molar-refractivity contribution in [3.8, 4) is 0 Å². The Kier molecular flexibility index (Phi) is 4.52. The fourth-order valence-electron chi connectivity index (χ4n) is 3.15. The molecule has 0 bridgehead atoms. The van der Waals surface area contributed by atoms with E-state index in [2.05, 4.69) is 4.98 Å². The van der Waals surface area contributed by atoms with E-state index < -0.39 is 0 Å². The molecule has 3 nitrogen and oxygen atoms in total. The number of pyridine rings is 1. The van der Waals surface area contributed by atoms with Crippen LogP contribution >= 0.6 is 0 Å². The van der Waals surface area contributed by atoms with Crippen LogP contribution in [0.15, 0.2) is 95.8 Å². The highest BCUT2D eigenvalue weighted by Crippen LogP contribution is 2.32. The van der Waals surface area contributed by atoms with E-state index in [9.17, 15) is 4.79 Å². The van der Waals surface area contributed by atoms with Crippen LogP contribution in [0.3, 0.4) is 0 Å². The van der Waals surface area contributed by atoms with Gasteiger partial charge in [0.25, 0.3) is 0 Å². The molecule has 0 atom stereocenters. The van der Waals surface area contributed by atoms with E-state index in [1.807, 2.05) is 72.8 Å². The number of carbonyl (C=O) groups is 1. The predicted octanol–water partition coefficient (Wildman–Crippen LogP) is 4.50. The second kappa shape index (κ2) is 7.28. The van der Waals surface area contributed by atoms with Crippen molar-refractivity contribution in [2.45, 2.75) is 12.8 Å². The Hall–Kier alpha value is -3.33. The Bertz CT molecular complexity index is 974. The minimum absolute atomic E-state index is 0.123. The molecule has 0 spiro atoms. The van der Waals surface area contributed by atoms with Gasteiger partial charge in [-0.1, -0.05) is 66.7 Å². The van der Waals surface area contributed by atoms with Gasteiger partial charge >= 0.3 is 0 Å². The van der Waals surface area contributed by atoms with E-state index in [1.165, 1.54) is 0 Å². The van der Waals surface area contributed by atoms with E-state index in [1.54, 1.807) is 12.4 Å².